The number of nitrogens with two attached hydrogens (primary N) is 2. The topological polar surface area (TPSA) is 233 Å². The zero-order valence-electron chi connectivity index (χ0n) is 23.2. The first-order valence-electron chi connectivity index (χ1n) is 13.3. The van der Waals surface area contributed by atoms with Crippen LogP contribution in [0.25, 0.3) is 22.3 Å². The lowest BCUT2D eigenvalue weighted by molar-refractivity contribution is -0.0522. The summed E-state index contributed by atoms with van der Waals surface area (Å²) in [7, 11) is -3.14. The van der Waals surface area contributed by atoms with Crippen molar-refractivity contribution in [3.8, 4) is 0 Å². The Morgan fingerprint density at radius 3 is 2.56 bits per heavy atom. The first kappa shape index (κ1) is 29.3. The molecule has 43 heavy (non-hydrogen) atoms. The van der Waals surface area contributed by atoms with Crippen molar-refractivity contribution < 1.29 is 32.6 Å². The second-order valence-corrected chi connectivity index (χ2v) is 12.1. The number of methoxy groups -OCH3 is 1. The first-order chi connectivity index (χ1) is 20.5. The molecule has 1 unspecified atom stereocenters. The molecule has 17 nitrogen and oxygen atoms in total. The third kappa shape index (κ3) is 5.19. The predicted molar refractivity (Wildman–Crippen MR) is 149 cm³/mol. The number of ether oxygens (including phenoxy) is 3. The van der Waals surface area contributed by atoms with Crippen molar-refractivity contribution >= 4 is 41.7 Å². The molecule has 0 spiro atoms. The quantitative estimate of drug-likeness (QED) is 0.203. The monoisotopic (exact) mass is 620 g/mol. The van der Waals surface area contributed by atoms with Crippen molar-refractivity contribution in [3.63, 3.8) is 0 Å². The van der Waals surface area contributed by atoms with Crippen molar-refractivity contribution in [1.29, 1.82) is 0 Å². The molecule has 2 aliphatic heterocycles. The number of aromatic nitrogens is 8. The number of imidazole rings is 2. The van der Waals surface area contributed by atoms with E-state index < -0.39 is 50.1 Å². The van der Waals surface area contributed by atoms with E-state index in [0.29, 0.717) is 0 Å². The van der Waals surface area contributed by atoms with Gasteiger partial charge in [-0.05, 0) is 12.0 Å². The number of anilines is 2. The summed E-state index contributed by atoms with van der Waals surface area (Å²) in [6.45, 7) is 3.72. The fourth-order valence-electron chi connectivity index (χ4n) is 5.44. The summed E-state index contributed by atoms with van der Waals surface area (Å²) >= 11 is 0. The Morgan fingerprint density at radius 1 is 1.09 bits per heavy atom. The SMILES string of the molecule is COC[C@H]1O[C@@H](n2cnc3c(N)ncnc32)[C@H](F)[C@@H]1OP(=O)(O)/C=C/[C@H]1O[C@@H](n2cnc3c(=O)[nH]c(N)nc32)[C@H](C)[C@@H]1C. The van der Waals surface area contributed by atoms with Gasteiger partial charge in [0.05, 0.1) is 25.4 Å². The molecule has 0 saturated carbocycles. The van der Waals surface area contributed by atoms with Crippen LogP contribution in [-0.4, -0.2) is 82.1 Å². The second kappa shape index (κ2) is 11.0. The standard InChI is InChI=1S/C24H30FN10O7P/c1-10-11(2)22(35-9-31-16-20(35)32-24(27)33-21(16)36)40-12(10)4-5-43(37,38)42-17-13(6-39-3)41-23(14(17)25)34-8-30-15-18(26)28-7-29-19(15)34/h4-5,7-14,17,22-23H,6H2,1-3H3,(H,37,38)(H2,26,28,29)(H3,27,32,33,36)/b5-4+/t10-,11+,12+,13+,14+,17+,22+,23+/m0/s1. The van der Waals surface area contributed by atoms with Crippen molar-refractivity contribution in [2.75, 3.05) is 25.2 Å². The van der Waals surface area contributed by atoms with Crippen molar-refractivity contribution in [3.05, 3.63) is 41.2 Å². The number of nitrogen functional groups attached to an aromatic ring is 2. The summed E-state index contributed by atoms with van der Waals surface area (Å²) in [5, 5.41) is 0. The number of fused-ring (bicyclic) bond motifs is 2. The van der Waals surface area contributed by atoms with Crippen LogP contribution in [0, 0.1) is 11.8 Å². The molecule has 6 heterocycles. The third-order valence-electron chi connectivity index (χ3n) is 7.81. The Kier molecular flexibility index (Phi) is 7.52. The Balaban J connectivity index is 1.20. The molecule has 0 radical (unpaired) electrons. The molecule has 9 atom stereocenters. The summed E-state index contributed by atoms with van der Waals surface area (Å²) in [6.07, 6.45) is -1.56. The number of H-pyrrole nitrogens is 1. The lowest BCUT2D eigenvalue weighted by Crippen LogP contribution is -2.33. The Labute approximate surface area is 242 Å². The Morgan fingerprint density at radius 2 is 1.81 bits per heavy atom. The zero-order valence-corrected chi connectivity index (χ0v) is 24.1. The number of hydrogen-bond acceptors (Lipinski definition) is 13. The number of alkyl halides is 1. The smallest absolute Gasteiger partial charge is 0.351 e. The predicted octanol–water partition coefficient (Wildman–Crippen LogP) is 1.26. The molecule has 230 valence electrons. The van der Waals surface area contributed by atoms with Crippen LogP contribution in [0.15, 0.2) is 35.7 Å². The van der Waals surface area contributed by atoms with E-state index in [1.165, 1.54) is 36.7 Å². The summed E-state index contributed by atoms with van der Waals surface area (Å²) in [5.74, 6) is 0.750. The molecule has 19 heteroatoms. The van der Waals surface area contributed by atoms with Crippen LogP contribution < -0.4 is 17.0 Å². The highest BCUT2D eigenvalue weighted by molar-refractivity contribution is 7.56. The van der Waals surface area contributed by atoms with E-state index in [9.17, 15) is 14.3 Å². The van der Waals surface area contributed by atoms with Gasteiger partial charge in [0.2, 0.25) is 5.95 Å². The molecule has 2 fully saturated rings. The molecule has 4 aromatic heterocycles. The van der Waals surface area contributed by atoms with Gasteiger partial charge in [-0.3, -0.25) is 28.0 Å². The number of aromatic amines is 1. The van der Waals surface area contributed by atoms with Crippen LogP contribution in [0.1, 0.15) is 26.3 Å². The molecular weight excluding hydrogens is 590 g/mol. The van der Waals surface area contributed by atoms with Gasteiger partial charge in [-0.25, -0.2) is 24.3 Å². The average molecular weight is 621 g/mol. The van der Waals surface area contributed by atoms with Gasteiger partial charge in [0, 0.05) is 18.8 Å². The lowest BCUT2D eigenvalue weighted by Gasteiger charge is -2.21. The Bertz CT molecular complexity index is 1790. The molecule has 6 N–H and O–H groups in total. The minimum atomic E-state index is -4.53. The van der Waals surface area contributed by atoms with Gasteiger partial charge in [0.25, 0.3) is 5.56 Å². The highest BCUT2D eigenvalue weighted by Crippen LogP contribution is 2.51. The van der Waals surface area contributed by atoms with Crippen LogP contribution in [0.2, 0.25) is 0 Å². The van der Waals surface area contributed by atoms with E-state index >= 15 is 4.39 Å². The summed E-state index contributed by atoms with van der Waals surface area (Å²) in [6, 6.07) is 0. The van der Waals surface area contributed by atoms with Crippen molar-refractivity contribution in [2.45, 2.75) is 50.8 Å². The highest BCUT2D eigenvalue weighted by Gasteiger charge is 2.50. The van der Waals surface area contributed by atoms with Crippen LogP contribution in [0.5, 0.6) is 0 Å². The van der Waals surface area contributed by atoms with E-state index in [4.69, 9.17) is 30.2 Å². The summed E-state index contributed by atoms with van der Waals surface area (Å²) in [5.41, 5.74) is 11.9. The molecule has 0 amide bonds. The molecule has 0 bridgehead atoms. The molecule has 0 aromatic carbocycles. The van der Waals surface area contributed by atoms with Gasteiger partial charge in [-0.1, -0.05) is 13.8 Å². The third-order valence-corrected chi connectivity index (χ3v) is 8.91. The van der Waals surface area contributed by atoms with Gasteiger partial charge in [-0.2, -0.15) is 4.98 Å². The number of halogens is 1. The van der Waals surface area contributed by atoms with Crippen molar-refractivity contribution in [2.24, 2.45) is 11.8 Å². The van der Waals surface area contributed by atoms with Crippen molar-refractivity contribution in [1.82, 2.24) is 39.0 Å². The maximum atomic E-state index is 15.8. The normalized spacial score (nSPS) is 31.0. The molecule has 2 saturated heterocycles. The van der Waals surface area contributed by atoms with E-state index in [1.807, 2.05) is 13.8 Å². The minimum absolute atomic E-state index is 0.0672. The van der Waals surface area contributed by atoms with Crippen LogP contribution >= 0.6 is 7.60 Å². The van der Waals surface area contributed by atoms with Gasteiger partial charge in [-0.15, -0.1) is 0 Å². The van der Waals surface area contributed by atoms with Gasteiger partial charge in [0.15, 0.2) is 35.0 Å². The van der Waals surface area contributed by atoms with Gasteiger partial charge < -0.3 is 30.6 Å². The maximum Gasteiger partial charge on any atom is 0.351 e. The maximum absolute atomic E-state index is 15.8. The average Bonchev–Trinajstić information content (AvgIpc) is 3.71. The summed E-state index contributed by atoms with van der Waals surface area (Å²) < 4.78 is 54.6. The van der Waals surface area contributed by atoms with Gasteiger partial charge >= 0.3 is 7.60 Å². The first-order valence-corrected chi connectivity index (χ1v) is 14.9. The molecular formula is C24H30FN10O7P. The molecule has 4 aromatic rings. The van der Waals surface area contributed by atoms with E-state index in [-0.39, 0.29) is 52.5 Å². The van der Waals surface area contributed by atoms with Crippen LogP contribution in [-0.2, 0) is 23.3 Å². The number of hydrogen-bond donors (Lipinski definition) is 4. The van der Waals surface area contributed by atoms with Crippen LogP contribution in [0.3, 0.4) is 0 Å². The zero-order chi connectivity index (χ0) is 30.6. The highest BCUT2D eigenvalue weighted by atomic mass is 31.2. The molecule has 2 aliphatic rings. The van der Waals surface area contributed by atoms with E-state index in [2.05, 4.69) is 29.9 Å². The number of nitrogens with zero attached hydrogens (tertiary/aromatic N) is 7. The molecule has 0 aliphatic carbocycles. The van der Waals surface area contributed by atoms with E-state index in [0.717, 1.165) is 5.82 Å². The van der Waals surface area contributed by atoms with E-state index in [1.54, 1.807) is 4.57 Å². The number of rotatable bonds is 8. The largest absolute Gasteiger partial charge is 0.382 e. The fourth-order valence-corrected chi connectivity index (χ4v) is 6.50. The Hall–Kier alpha value is -3.80. The van der Waals surface area contributed by atoms with Crippen LogP contribution in [0.4, 0.5) is 16.2 Å². The molecule has 6 rings (SSSR count). The number of nitrogens with one attached hydrogen (secondary N) is 1. The lowest BCUT2D eigenvalue weighted by atomic mass is 9.93. The van der Waals surface area contributed by atoms with Gasteiger partial charge in [0.1, 0.15) is 30.3 Å². The minimum Gasteiger partial charge on any atom is -0.382 e. The summed E-state index contributed by atoms with van der Waals surface area (Å²) in [4.78, 5) is 45.8. The second-order valence-electron chi connectivity index (χ2n) is 10.5. The fraction of sp³-hybridized carbons (Fsp3) is 0.500.